The summed E-state index contributed by atoms with van der Waals surface area (Å²) in [6.07, 6.45) is 1.16. The minimum atomic E-state index is -0.993. The Morgan fingerprint density at radius 1 is 1.64 bits per heavy atom. The van der Waals surface area contributed by atoms with Crippen molar-refractivity contribution < 1.29 is 14.7 Å². The second kappa shape index (κ2) is 2.90. The zero-order valence-corrected chi connectivity index (χ0v) is 6.36. The Balaban J connectivity index is 2.70. The zero-order valence-electron chi connectivity index (χ0n) is 6.36. The van der Waals surface area contributed by atoms with Crippen molar-refractivity contribution in [2.24, 2.45) is 0 Å². The Labute approximate surface area is 64.8 Å². The lowest BCUT2D eigenvalue weighted by atomic mass is 10.2. The molecule has 1 fully saturated rings. The third kappa shape index (κ3) is 1.34. The summed E-state index contributed by atoms with van der Waals surface area (Å²) in [7, 11) is 0. The minimum absolute atomic E-state index is 0.0114. The van der Waals surface area contributed by atoms with E-state index >= 15 is 0 Å². The van der Waals surface area contributed by atoms with Crippen LogP contribution in [0.25, 0.3) is 0 Å². The number of aldehydes is 1. The summed E-state index contributed by atoms with van der Waals surface area (Å²) in [6.45, 7) is 1.82. The van der Waals surface area contributed by atoms with Gasteiger partial charge in [-0.2, -0.15) is 0 Å². The molecular weight excluding hydrogens is 146 g/mol. The van der Waals surface area contributed by atoms with Crippen molar-refractivity contribution in [2.75, 3.05) is 0 Å². The lowest BCUT2D eigenvalue weighted by Gasteiger charge is -2.20. The van der Waals surface area contributed by atoms with Crippen molar-refractivity contribution in [3.8, 4) is 0 Å². The molecule has 4 nitrogen and oxygen atoms in total. The number of amides is 1. The quantitative estimate of drug-likeness (QED) is 0.570. The fourth-order valence-electron chi connectivity index (χ4n) is 1.48. The molecule has 1 heterocycles. The maximum Gasteiger partial charge on any atom is 0.408 e. The van der Waals surface area contributed by atoms with E-state index in [1.165, 1.54) is 4.90 Å². The van der Waals surface area contributed by atoms with E-state index in [1.807, 2.05) is 6.92 Å². The van der Waals surface area contributed by atoms with E-state index in [0.717, 1.165) is 6.42 Å². The Morgan fingerprint density at radius 2 is 2.27 bits per heavy atom. The standard InChI is InChI=1S/C7H11NO3/c1-5-2-3-6(4-9)8(5)7(10)11/h4-6H,2-3H2,1H3,(H,10,11)/t5-,6+/m1/s1. The molecule has 1 N–H and O–H groups in total. The molecule has 0 aromatic rings. The summed E-state index contributed by atoms with van der Waals surface area (Å²) < 4.78 is 0. The van der Waals surface area contributed by atoms with Gasteiger partial charge in [-0.05, 0) is 19.8 Å². The molecule has 62 valence electrons. The van der Waals surface area contributed by atoms with Gasteiger partial charge in [0.15, 0.2) is 0 Å². The summed E-state index contributed by atoms with van der Waals surface area (Å²) >= 11 is 0. The SMILES string of the molecule is C[C@@H]1CC[C@@H](C=O)N1C(=O)O. The van der Waals surface area contributed by atoms with Crippen molar-refractivity contribution in [1.29, 1.82) is 0 Å². The normalized spacial score (nSPS) is 30.5. The maximum atomic E-state index is 10.5. The predicted octanol–water partition coefficient (Wildman–Crippen LogP) is 0.716. The van der Waals surface area contributed by atoms with E-state index in [1.54, 1.807) is 0 Å². The molecule has 0 bridgehead atoms. The summed E-state index contributed by atoms with van der Waals surface area (Å²) in [5.41, 5.74) is 0. The summed E-state index contributed by atoms with van der Waals surface area (Å²) in [6, 6.07) is -0.426. The molecule has 2 atom stereocenters. The van der Waals surface area contributed by atoms with Crippen LogP contribution in [0.5, 0.6) is 0 Å². The van der Waals surface area contributed by atoms with Crippen LogP contribution in [0.2, 0.25) is 0 Å². The first-order valence-electron chi connectivity index (χ1n) is 3.63. The van der Waals surface area contributed by atoms with E-state index in [-0.39, 0.29) is 6.04 Å². The minimum Gasteiger partial charge on any atom is -0.465 e. The van der Waals surface area contributed by atoms with Crippen molar-refractivity contribution in [2.45, 2.75) is 31.8 Å². The molecule has 11 heavy (non-hydrogen) atoms. The monoisotopic (exact) mass is 157 g/mol. The summed E-state index contributed by atoms with van der Waals surface area (Å²) in [5, 5.41) is 8.65. The molecule has 0 radical (unpaired) electrons. The van der Waals surface area contributed by atoms with Gasteiger partial charge in [0.2, 0.25) is 0 Å². The first-order valence-corrected chi connectivity index (χ1v) is 3.63. The van der Waals surface area contributed by atoms with Crippen LogP contribution in [-0.4, -0.2) is 34.5 Å². The molecule has 0 unspecified atom stereocenters. The Kier molecular flexibility index (Phi) is 2.12. The second-order valence-corrected chi connectivity index (χ2v) is 2.82. The second-order valence-electron chi connectivity index (χ2n) is 2.82. The van der Waals surface area contributed by atoms with Crippen LogP contribution in [0.4, 0.5) is 4.79 Å². The van der Waals surface area contributed by atoms with Gasteiger partial charge in [-0.3, -0.25) is 4.90 Å². The van der Waals surface area contributed by atoms with Crippen molar-refractivity contribution in [3.05, 3.63) is 0 Å². The lowest BCUT2D eigenvalue weighted by molar-refractivity contribution is -0.111. The smallest absolute Gasteiger partial charge is 0.408 e. The van der Waals surface area contributed by atoms with Gasteiger partial charge in [-0.1, -0.05) is 0 Å². The Bertz CT molecular complexity index is 181. The number of rotatable bonds is 1. The third-order valence-electron chi connectivity index (χ3n) is 2.09. The molecular formula is C7H11NO3. The molecule has 1 saturated heterocycles. The fourth-order valence-corrected chi connectivity index (χ4v) is 1.48. The van der Waals surface area contributed by atoms with Crippen LogP contribution in [0, 0.1) is 0 Å². The molecule has 1 aliphatic rings. The molecule has 0 aliphatic carbocycles. The van der Waals surface area contributed by atoms with Crippen LogP contribution in [0.1, 0.15) is 19.8 Å². The Morgan fingerprint density at radius 3 is 2.64 bits per heavy atom. The average Bonchev–Trinajstić information content (AvgIpc) is 2.30. The highest BCUT2D eigenvalue weighted by Crippen LogP contribution is 2.21. The van der Waals surface area contributed by atoms with Crippen molar-refractivity contribution >= 4 is 12.4 Å². The zero-order chi connectivity index (χ0) is 8.43. The first kappa shape index (κ1) is 8.04. The molecule has 1 aliphatic heterocycles. The lowest BCUT2D eigenvalue weighted by Crippen LogP contribution is -2.39. The van der Waals surface area contributed by atoms with Gasteiger partial charge in [0.1, 0.15) is 6.29 Å². The van der Waals surface area contributed by atoms with Crippen LogP contribution in [0.15, 0.2) is 0 Å². The molecule has 1 rings (SSSR count). The number of hydrogen-bond acceptors (Lipinski definition) is 2. The van der Waals surface area contributed by atoms with Crippen LogP contribution >= 0.6 is 0 Å². The highest BCUT2D eigenvalue weighted by Gasteiger charge is 2.33. The maximum absolute atomic E-state index is 10.5. The van der Waals surface area contributed by atoms with Gasteiger partial charge >= 0.3 is 6.09 Å². The third-order valence-corrected chi connectivity index (χ3v) is 2.09. The van der Waals surface area contributed by atoms with E-state index in [2.05, 4.69) is 0 Å². The van der Waals surface area contributed by atoms with E-state index in [9.17, 15) is 9.59 Å². The Hall–Kier alpha value is -1.06. The predicted molar refractivity (Wildman–Crippen MR) is 38.4 cm³/mol. The van der Waals surface area contributed by atoms with E-state index in [4.69, 9.17) is 5.11 Å². The molecule has 1 amide bonds. The highest BCUT2D eigenvalue weighted by molar-refractivity contribution is 5.72. The molecule has 4 heteroatoms. The number of carboxylic acid groups (broad SMARTS) is 1. The van der Waals surface area contributed by atoms with Gasteiger partial charge in [0.25, 0.3) is 0 Å². The largest absolute Gasteiger partial charge is 0.465 e. The molecule has 0 spiro atoms. The topological polar surface area (TPSA) is 57.6 Å². The summed E-state index contributed by atoms with van der Waals surface area (Å²) in [4.78, 5) is 22.1. The van der Waals surface area contributed by atoms with Crippen molar-refractivity contribution in [3.63, 3.8) is 0 Å². The number of carbonyl (C=O) groups is 2. The number of likely N-dealkylation sites (tertiary alicyclic amines) is 1. The highest BCUT2D eigenvalue weighted by atomic mass is 16.4. The summed E-state index contributed by atoms with van der Waals surface area (Å²) in [5.74, 6) is 0. The molecule has 0 aromatic carbocycles. The van der Waals surface area contributed by atoms with Gasteiger partial charge in [0, 0.05) is 6.04 Å². The van der Waals surface area contributed by atoms with Gasteiger partial charge < -0.3 is 9.90 Å². The van der Waals surface area contributed by atoms with Gasteiger partial charge in [-0.15, -0.1) is 0 Å². The molecule has 0 aromatic heterocycles. The number of carbonyl (C=O) groups excluding carboxylic acids is 1. The van der Waals surface area contributed by atoms with E-state index in [0.29, 0.717) is 12.7 Å². The first-order chi connectivity index (χ1) is 5.16. The van der Waals surface area contributed by atoms with Gasteiger partial charge in [-0.25, -0.2) is 4.79 Å². The van der Waals surface area contributed by atoms with E-state index < -0.39 is 12.1 Å². The fraction of sp³-hybridized carbons (Fsp3) is 0.714. The number of nitrogens with zero attached hydrogens (tertiary/aromatic N) is 1. The van der Waals surface area contributed by atoms with Crippen molar-refractivity contribution in [1.82, 2.24) is 4.90 Å². The number of hydrogen-bond donors (Lipinski definition) is 1. The average molecular weight is 157 g/mol. The van der Waals surface area contributed by atoms with Crippen LogP contribution in [-0.2, 0) is 4.79 Å². The van der Waals surface area contributed by atoms with Crippen LogP contribution in [0.3, 0.4) is 0 Å². The van der Waals surface area contributed by atoms with Gasteiger partial charge in [0.05, 0.1) is 6.04 Å². The van der Waals surface area contributed by atoms with Crippen LogP contribution < -0.4 is 0 Å². The molecule has 0 saturated carbocycles.